The molecule has 0 bridgehead atoms. The van der Waals surface area contributed by atoms with Gasteiger partial charge in [0.1, 0.15) is 6.61 Å². The summed E-state index contributed by atoms with van der Waals surface area (Å²) in [7, 11) is 0. The van der Waals surface area contributed by atoms with Crippen molar-refractivity contribution in [1.82, 2.24) is 4.90 Å². The molecule has 3 nitrogen and oxygen atoms in total. The van der Waals surface area contributed by atoms with Crippen LogP contribution >= 0.6 is 0 Å². The minimum Gasteiger partial charge on any atom is -0.464 e. The van der Waals surface area contributed by atoms with Crippen molar-refractivity contribution in [3.05, 3.63) is 35.9 Å². The number of rotatable bonds is 4. The van der Waals surface area contributed by atoms with E-state index in [4.69, 9.17) is 4.74 Å². The summed E-state index contributed by atoms with van der Waals surface area (Å²) < 4.78 is 4.95. The van der Waals surface area contributed by atoms with Crippen molar-refractivity contribution in [2.24, 2.45) is 0 Å². The van der Waals surface area contributed by atoms with E-state index in [1.807, 2.05) is 18.2 Å². The van der Waals surface area contributed by atoms with Crippen molar-refractivity contribution in [3.8, 4) is 0 Å². The van der Waals surface area contributed by atoms with E-state index in [1.54, 1.807) is 0 Å². The normalized spacial score (nSPS) is 23.5. The fourth-order valence-electron chi connectivity index (χ4n) is 1.61. The highest BCUT2D eigenvalue weighted by Gasteiger charge is 2.34. The van der Waals surface area contributed by atoms with Gasteiger partial charge in [-0.2, -0.15) is 0 Å². The largest absolute Gasteiger partial charge is 0.464 e. The van der Waals surface area contributed by atoms with Crippen LogP contribution in [0.4, 0.5) is 0 Å². The summed E-state index contributed by atoms with van der Waals surface area (Å²) in [6.45, 7) is 3.96. The Kier molecular flexibility index (Phi) is 3.02. The number of hydrogen-bond donors (Lipinski definition) is 0. The van der Waals surface area contributed by atoms with Crippen molar-refractivity contribution >= 4 is 5.97 Å². The third-order valence-electron chi connectivity index (χ3n) is 2.54. The third-order valence-corrected chi connectivity index (χ3v) is 2.54. The summed E-state index contributed by atoms with van der Waals surface area (Å²) in [4.78, 5) is 12.9. The van der Waals surface area contributed by atoms with E-state index in [0.29, 0.717) is 12.6 Å². The predicted molar refractivity (Wildman–Crippen MR) is 57.3 cm³/mol. The van der Waals surface area contributed by atoms with Crippen LogP contribution in [0.1, 0.15) is 12.5 Å². The molecular formula is C12H15NO2. The van der Waals surface area contributed by atoms with Gasteiger partial charge in [0.2, 0.25) is 0 Å². The molecule has 1 fully saturated rings. The monoisotopic (exact) mass is 205 g/mol. The molecule has 1 aliphatic heterocycles. The van der Waals surface area contributed by atoms with E-state index in [-0.39, 0.29) is 5.97 Å². The zero-order chi connectivity index (χ0) is 10.7. The fourth-order valence-corrected chi connectivity index (χ4v) is 1.61. The van der Waals surface area contributed by atoms with Crippen LogP contribution in [0.15, 0.2) is 30.3 Å². The topological polar surface area (TPSA) is 29.3 Å². The second-order valence-electron chi connectivity index (χ2n) is 3.87. The molecule has 0 aliphatic carbocycles. The van der Waals surface area contributed by atoms with Crippen LogP contribution < -0.4 is 0 Å². The lowest BCUT2D eigenvalue weighted by atomic mass is 10.2. The van der Waals surface area contributed by atoms with E-state index >= 15 is 0 Å². The Morgan fingerprint density at radius 1 is 1.47 bits per heavy atom. The smallest absolute Gasteiger partial charge is 0.302 e. The summed E-state index contributed by atoms with van der Waals surface area (Å²) >= 11 is 0. The van der Waals surface area contributed by atoms with Crippen molar-refractivity contribution < 1.29 is 9.53 Å². The first-order chi connectivity index (χ1) is 7.25. The van der Waals surface area contributed by atoms with Gasteiger partial charge in [0.25, 0.3) is 0 Å². The maximum atomic E-state index is 10.6. The van der Waals surface area contributed by atoms with E-state index < -0.39 is 0 Å². The van der Waals surface area contributed by atoms with Gasteiger partial charge in [-0.25, -0.2) is 0 Å². The lowest BCUT2D eigenvalue weighted by molar-refractivity contribution is -0.141. The molecule has 1 aliphatic rings. The van der Waals surface area contributed by atoms with Gasteiger partial charge in [-0.1, -0.05) is 30.3 Å². The molecule has 0 radical (unpaired) electrons. The van der Waals surface area contributed by atoms with Gasteiger partial charge in [0.05, 0.1) is 6.04 Å². The molecule has 0 amide bonds. The van der Waals surface area contributed by atoms with Gasteiger partial charge in [0, 0.05) is 20.0 Å². The summed E-state index contributed by atoms with van der Waals surface area (Å²) in [5.74, 6) is -0.193. The average molecular weight is 205 g/mol. The number of hydrogen-bond acceptors (Lipinski definition) is 3. The molecule has 2 unspecified atom stereocenters. The molecule has 0 spiro atoms. The molecule has 1 aromatic rings. The molecular weight excluding hydrogens is 190 g/mol. The molecule has 3 heteroatoms. The van der Waals surface area contributed by atoms with Crippen molar-refractivity contribution in [3.63, 3.8) is 0 Å². The van der Waals surface area contributed by atoms with E-state index in [9.17, 15) is 4.79 Å². The highest BCUT2D eigenvalue weighted by Crippen LogP contribution is 2.20. The Morgan fingerprint density at radius 3 is 2.87 bits per heavy atom. The van der Waals surface area contributed by atoms with Gasteiger partial charge in [0.15, 0.2) is 0 Å². The zero-order valence-corrected chi connectivity index (χ0v) is 8.85. The molecule has 2 rings (SSSR count). The summed E-state index contributed by atoms with van der Waals surface area (Å²) in [6.07, 6.45) is 0. The average Bonchev–Trinajstić information content (AvgIpc) is 2.95. The lowest BCUT2D eigenvalue weighted by Crippen LogP contribution is -2.11. The van der Waals surface area contributed by atoms with Crippen molar-refractivity contribution in [2.45, 2.75) is 19.5 Å². The first kappa shape index (κ1) is 10.2. The van der Waals surface area contributed by atoms with Crippen LogP contribution in [0.2, 0.25) is 0 Å². The second-order valence-corrected chi connectivity index (χ2v) is 3.87. The quantitative estimate of drug-likeness (QED) is 0.550. The van der Waals surface area contributed by atoms with Crippen LogP contribution in [0, 0.1) is 0 Å². The van der Waals surface area contributed by atoms with Crippen LogP contribution in [-0.4, -0.2) is 30.1 Å². The maximum Gasteiger partial charge on any atom is 0.302 e. The molecule has 0 saturated carbocycles. The van der Waals surface area contributed by atoms with Gasteiger partial charge in [-0.05, 0) is 5.56 Å². The number of carbonyl (C=O) groups is 1. The van der Waals surface area contributed by atoms with Crippen LogP contribution in [0.5, 0.6) is 0 Å². The van der Waals surface area contributed by atoms with Gasteiger partial charge in [-0.3, -0.25) is 9.69 Å². The SMILES string of the molecule is CC(=O)OCC1CN1Cc1ccccc1. The predicted octanol–water partition coefficient (Wildman–Crippen LogP) is 1.43. The van der Waals surface area contributed by atoms with Crippen LogP contribution in [0.25, 0.3) is 0 Å². The number of esters is 1. The summed E-state index contributed by atoms with van der Waals surface area (Å²) in [5, 5.41) is 0. The minimum atomic E-state index is -0.193. The van der Waals surface area contributed by atoms with E-state index in [1.165, 1.54) is 12.5 Å². The first-order valence-electron chi connectivity index (χ1n) is 5.17. The first-order valence-corrected chi connectivity index (χ1v) is 5.17. The van der Waals surface area contributed by atoms with Crippen molar-refractivity contribution in [2.75, 3.05) is 13.2 Å². The maximum absolute atomic E-state index is 10.6. The van der Waals surface area contributed by atoms with Gasteiger partial charge in [-0.15, -0.1) is 0 Å². The number of nitrogens with zero attached hydrogens (tertiary/aromatic N) is 1. The molecule has 0 N–H and O–H groups in total. The number of carbonyl (C=O) groups excluding carboxylic acids is 1. The third kappa shape index (κ3) is 3.06. The molecule has 15 heavy (non-hydrogen) atoms. The highest BCUT2D eigenvalue weighted by atomic mass is 16.5. The molecule has 0 aromatic heterocycles. The molecule has 2 atom stereocenters. The van der Waals surface area contributed by atoms with Crippen LogP contribution in [0.3, 0.4) is 0 Å². The lowest BCUT2D eigenvalue weighted by Gasteiger charge is -2.04. The number of benzene rings is 1. The van der Waals surface area contributed by atoms with E-state index in [0.717, 1.165) is 13.1 Å². The number of ether oxygens (including phenoxy) is 1. The Labute approximate surface area is 89.7 Å². The molecule has 1 saturated heterocycles. The zero-order valence-electron chi connectivity index (χ0n) is 8.85. The Hall–Kier alpha value is -1.35. The standard InChI is InChI=1S/C12H15NO2/c1-10(14)15-9-12-8-13(12)7-11-5-3-2-4-6-11/h2-6,12H,7-9H2,1H3. The molecule has 80 valence electrons. The summed E-state index contributed by atoms with van der Waals surface area (Å²) in [5.41, 5.74) is 1.31. The minimum absolute atomic E-state index is 0.193. The Balaban J connectivity index is 1.73. The van der Waals surface area contributed by atoms with Gasteiger partial charge >= 0.3 is 5.97 Å². The van der Waals surface area contributed by atoms with Gasteiger partial charge < -0.3 is 4.74 Å². The summed E-state index contributed by atoms with van der Waals surface area (Å²) in [6, 6.07) is 10.7. The fraction of sp³-hybridized carbons (Fsp3) is 0.417. The van der Waals surface area contributed by atoms with Crippen molar-refractivity contribution in [1.29, 1.82) is 0 Å². The van der Waals surface area contributed by atoms with Crippen LogP contribution in [-0.2, 0) is 16.1 Å². The highest BCUT2D eigenvalue weighted by molar-refractivity contribution is 5.65. The molecule has 1 heterocycles. The second kappa shape index (κ2) is 4.45. The van der Waals surface area contributed by atoms with E-state index in [2.05, 4.69) is 17.0 Å². The molecule has 1 aromatic carbocycles. The Bertz CT molecular complexity index is 337. The Morgan fingerprint density at radius 2 is 2.20 bits per heavy atom.